The van der Waals surface area contributed by atoms with Crippen molar-refractivity contribution in [1.82, 2.24) is 9.21 Å². The summed E-state index contributed by atoms with van der Waals surface area (Å²) in [6, 6.07) is -1.72. The predicted octanol–water partition coefficient (Wildman–Crippen LogP) is 0.431. The first-order chi connectivity index (χ1) is 8.60. The number of halogens is 3. The third kappa shape index (κ3) is 2.86. The van der Waals surface area contributed by atoms with E-state index in [4.69, 9.17) is 0 Å². The van der Waals surface area contributed by atoms with E-state index in [1.54, 1.807) is 0 Å². The van der Waals surface area contributed by atoms with Crippen LogP contribution in [0.3, 0.4) is 0 Å². The van der Waals surface area contributed by atoms with Crippen LogP contribution in [0, 0.1) is 5.92 Å². The van der Waals surface area contributed by atoms with E-state index in [1.807, 2.05) is 0 Å². The highest BCUT2D eigenvalue weighted by Gasteiger charge is 2.50. The summed E-state index contributed by atoms with van der Waals surface area (Å²) < 4.78 is 61.6. The van der Waals surface area contributed by atoms with Crippen molar-refractivity contribution in [2.45, 2.75) is 25.1 Å². The van der Waals surface area contributed by atoms with Gasteiger partial charge in [-0.15, -0.1) is 0 Å². The molecule has 1 atom stereocenters. The SMILES string of the molecule is CS(=O)(=O)N1CC(C(=O)N2CCC[C@H]2C(F)(F)F)C1. The molecule has 2 heterocycles. The summed E-state index contributed by atoms with van der Waals surface area (Å²) in [6.45, 7) is 0.0653. The second-order valence-corrected chi connectivity index (χ2v) is 6.99. The fourth-order valence-corrected chi connectivity index (χ4v) is 3.37. The Labute approximate surface area is 109 Å². The molecule has 0 N–H and O–H groups in total. The normalized spacial score (nSPS) is 26.5. The van der Waals surface area contributed by atoms with E-state index in [0.717, 1.165) is 15.5 Å². The van der Waals surface area contributed by atoms with Crippen LogP contribution < -0.4 is 0 Å². The number of hydrogen-bond donors (Lipinski definition) is 0. The number of carbonyl (C=O) groups is 1. The molecule has 2 saturated heterocycles. The number of hydrogen-bond acceptors (Lipinski definition) is 3. The molecule has 0 unspecified atom stereocenters. The average Bonchev–Trinajstić information content (AvgIpc) is 2.59. The second kappa shape index (κ2) is 4.62. The third-order valence-corrected chi connectivity index (χ3v) is 4.82. The van der Waals surface area contributed by atoms with Gasteiger partial charge in [0.15, 0.2) is 0 Å². The van der Waals surface area contributed by atoms with Crippen LogP contribution in [0.1, 0.15) is 12.8 Å². The zero-order valence-electron chi connectivity index (χ0n) is 10.4. The topological polar surface area (TPSA) is 57.7 Å². The minimum absolute atomic E-state index is 0.0151. The second-order valence-electron chi connectivity index (χ2n) is 5.01. The van der Waals surface area contributed by atoms with E-state index in [2.05, 4.69) is 0 Å². The Morgan fingerprint density at radius 1 is 1.26 bits per heavy atom. The molecular formula is C10H15F3N2O3S. The Bertz CT molecular complexity index is 471. The van der Waals surface area contributed by atoms with Crippen molar-refractivity contribution in [2.24, 2.45) is 5.92 Å². The number of sulfonamides is 1. The summed E-state index contributed by atoms with van der Waals surface area (Å²) in [7, 11) is -3.36. The fraction of sp³-hybridized carbons (Fsp3) is 0.900. The Kier molecular flexibility index (Phi) is 3.54. The smallest absolute Gasteiger partial charge is 0.330 e. The van der Waals surface area contributed by atoms with Crippen LogP contribution in [0.4, 0.5) is 13.2 Å². The van der Waals surface area contributed by atoms with Gasteiger partial charge in [-0.3, -0.25) is 4.79 Å². The number of likely N-dealkylation sites (tertiary alicyclic amines) is 1. The molecule has 0 spiro atoms. The fourth-order valence-electron chi connectivity index (χ4n) is 2.47. The lowest BCUT2D eigenvalue weighted by Gasteiger charge is -2.39. The van der Waals surface area contributed by atoms with Gasteiger partial charge in [0.25, 0.3) is 0 Å². The van der Waals surface area contributed by atoms with E-state index in [9.17, 15) is 26.4 Å². The monoisotopic (exact) mass is 300 g/mol. The zero-order chi connectivity index (χ0) is 14.4. The van der Waals surface area contributed by atoms with Gasteiger partial charge in [-0.05, 0) is 12.8 Å². The van der Waals surface area contributed by atoms with Crippen LogP contribution in [0.15, 0.2) is 0 Å². The Balaban J connectivity index is 1.99. The molecule has 0 aromatic rings. The maximum Gasteiger partial charge on any atom is 0.408 e. The molecule has 2 fully saturated rings. The molecule has 2 rings (SSSR count). The molecule has 19 heavy (non-hydrogen) atoms. The van der Waals surface area contributed by atoms with Gasteiger partial charge < -0.3 is 4.90 Å². The van der Waals surface area contributed by atoms with Crippen molar-refractivity contribution in [1.29, 1.82) is 0 Å². The van der Waals surface area contributed by atoms with Gasteiger partial charge in [-0.2, -0.15) is 13.2 Å². The Hall–Kier alpha value is -0.830. The predicted molar refractivity (Wildman–Crippen MR) is 60.7 cm³/mol. The molecule has 0 bridgehead atoms. The summed E-state index contributed by atoms with van der Waals surface area (Å²) in [5.41, 5.74) is 0. The van der Waals surface area contributed by atoms with E-state index in [-0.39, 0.29) is 26.1 Å². The lowest BCUT2D eigenvalue weighted by Crippen LogP contribution is -2.58. The van der Waals surface area contributed by atoms with Gasteiger partial charge in [0.05, 0.1) is 12.2 Å². The van der Waals surface area contributed by atoms with Crippen molar-refractivity contribution < 1.29 is 26.4 Å². The molecule has 2 aliphatic heterocycles. The molecule has 0 aromatic carbocycles. The summed E-state index contributed by atoms with van der Waals surface area (Å²) in [4.78, 5) is 12.8. The highest BCUT2D eigenvalue weighted by Crippen LogP contribution is 2.34. The van der Waals surface area contributed by atoms with E-state index >= 15 is 0 Å². The molecule has 2 aliphatic rings. The average molecular weight is 300 g/mol. The van der Waals surface area contributed by atoms with Gasteiger partial charge in [0.1, 0.15) is 6.04 Å². The van der Waals surface area contributed by atoms with Crippen LogP contribution in [0.5, 0.6) is 0 Å². The lowest BCUT2D eigenvalue weighted by atomic mass is 10.0. The van der Waals surface area contributed by atoms with Crippen LogP contribution in [0.2, 0.25) is 0 Å². The molecule has 9 heteroatoms. The maximum absolute atomic E-state index is 12.7. The molecule has 0 saturated carbocycles. The van der Waals surface area contributed by atoms with Crippen LogP contribution >= 0.6 is 0 Å². The van der Waals surface area contributed by atoms with Gasteiger partial charge >= 0.3 is 6.18 Å². The van der Waals surface area contributed by atoms with E-state index < -0.39 is 34.1 Å². The standard InChI is InChI=1S/C10H15F3N2O3S/c1-19(17,18)14-5-7(6-14)9(16)15-4-2-3-8(15)10(11,12)13/h7-8H,2-6H2,1H3/t8-/m0/s1. The molecule has 0 aliphatic carbocycles. The number of nitrogens with zero attached hydrogens (tertiary/aromatic N) is 2. The zero-order valence-corrected chi connectivity index (χ0v) is 11.2. The summed E-state index contributed by atoms with van der Waals surface area (Å²) in [6.07, 6.45) is -3.13. The molecule has 0 aromatic heterocycles. The van der Waals surface area contributed by atoms with E-state index in [1.165, 1.54) is 0 Å². The largest absolute Gasteiger partial charge is 0.408 e. The number of alkyl halides is 3. The van der Waals surface area contributed by atoms with Crippen molar-refractivity contribution in [2.75, 3.05) is 25.9 Å². The number of amides is 1. The quantitative estimate of drug-likeness (QED) is 0.743. The van der Waals surface area contributed by atoms with Crippen molar-refractivity contribution in [3.05, 3.63) is 0 Å². The number of rotatable bonds is 2. The van der Waals surface area contributed by atoms with Gasteiger partial charge in [0.2, 0.25) is 15.9 Å². The molecule has 5 nitrogen and oxygen atoms in total. The maximum atomic E-state index is 12.7. The Morgan fingerprint density at radius 2 is 1.84 bits per heavy atom. The summed E-state index contributed by atoms with van der Waals surface area (Å²) in [5, 5.41) is 0. The minimum atomic E-state index is -4.41. The highest BCUT2D eigenvalue weighted by molar-refractivity contribution is 7.88. The van der Waals surface area contributed by atoms with Crippen LogP contribution in [-0.2, 0) is 14.8 Å². The van der Waals surface area contributed by atoms with Crippen molar-refractivity contribution in [3.8, 4) is 0 Å². The van der Waals surface area contributed by atoms with Crippen LogP contribution in [-0.4, -0.2) is 61.6 Å². The number of carbonyl (C=O) groups excluding carboxylic acids is 1. The molecule has 0 radical (unpaired) electrons. The third-order valence-electron chi connectivity index (χ3n) is 3.58. The first-order valence-electron chi connectivity index (χ1n) is 5.93. The van der Waals surface area contributed by atoms with Gasteiger partial charge in [-0.25, -0.2) is 12.7 Å². The first-order valence-corrected chi connectivity index (χ1v) is 7.78. The summed E-state index contributed by atoms with van der Waals surface area (Å²) in [5.74, 6) is -1.22. The molecule has 110 valence electrons. The molecule has 1 amide bonds. The molecular weight excluding hydrogens is 285 g/mol. The minimum Gasteiger partial charge on any atom is -0.330 e. The van der Waals surface area contributed by atoms with Gasteiger partial charge in [-0.1, -0.05) is 0 Å². The lowest BCUT2D eigenvalue weighted by molar-refractivity contribution is -0.185. The Morgan fingerprint density at radius 3 is 2.32 bits per heavy atom. The van der Waals surface area contributed by atoms with Crippen molar-refractivity contribution in [3.63, 3.8) is 0 Å². The van der Waals surface area contributed by atoms with Crippen LogP contribution in [0.25, 0.3) is 0 Å². The first kappa shape index (κ1) is 14.6. The summed E-state index contributed by atoms with van der Waals surface area (Å²) >= 11 is 0. The van der Waals surface area contributed by atoms with Crippen molar-refractivity contribution >= 4 is 15.9 Å². The van der Waals surface area contributed by atoms with E-state index in [0.29, 0.717) is 6.42 Å². The van der Waals surface area contributed by atoms with Gasteiger partial charge in [0, 0.05) is 19.6 Å². The highest BCUT2D eigenvalue weighted by atomic mass is 32.2.